The molecule has 0 aromatic heterocycles. The van der Waals surface area contributed by atoms with E-state index in [1.165, 1.54) is 24.3 Å². The van der Waals surface area contributed by atoms with Crippen LogP contribution in [-0.4, -0.2) is 20.2 Å². The lowest BCUT2D eigenvalue weighted by atomic mass is 10.3. The van der Waals surface area contributed by atoms with Crippen LogP contribution in [0.5, 0.6) is 0 Å². The highest BCUT2D eigenvalue weighted by atomic mass is 32.2. The highest BCUT2D eigenvalue weighted by Gasteiger charge is 2.57. The Labute approximate surface area is 103 Å². The van der Waals surface area contributed by atoms with E-state index in [0.717, 1.165) is 0 Å². The molecule has 7 heteroatoms. The third-order valence-electron chi connectivity index (χ3n) is 2.69. The van der Waals surface area contributed by atoms with E-state index in [1.807, 2.05) is 0 Å². The second-order valence-electron chi connectivity index (χ2n) is 4.21. The van der Waals surface area contributed by atoms with Gasteiger partial charge in [0.05, 0.1) is 4.90 Å². The van der Waals surface area contributed by atoms with Crippen molar-refractivity contribution in [1.82, 2.24) is 4.72 Å². The van der Waals surface area contributed by atoms with Crippen LogP contribution in [-0.2, 0) is 14.8 Å². The molecule has 0 heterocycles. The molecule has 4 nitrogen and oxygen atoms in total. The number of hydrogen-bond donors (Lipinski definition) is 1. The first-order valence-electron chi connectivity index (χ1n) is 5.30. The van der Waals surface area contributed by atoms with Crippen molar-refractivity contribution in [2.24, 2.45) is 5.92 Å². The topological polar surface area (TPSA) is 63.2 Å². The van der Waals surface area contributed by atoms with Crippen molar-refractivity contribution in [1.29, 1.82) is 0 Å². The Bertz CT molecular complexity index is 557. The van der Waals surface area contributed by atoms with Crippen LogP contribution >= 0.6 is 0 Å². The van der Waals surface area contributed by atoms with Gasteiger partial charge in [-0.25, -0.2) is 21.9 Å². The molecular formula is C11H11F2NO3S. The zero-order chi connectivity index (χ0) is 13.4. The highest BCUT2D eigenvalue weighted by molar-refractivity contribution is 7.90. The van der Waals surface area contributed by atoms with Crippen molar-refractivity contribution in [3.63, 3.8) is 0 Å². The summed E-state index contributed by atoms with van der Waals surface area (Å²) in [7, 11) is -3.96. The van der Waals surface area contributed by atoms with Gasteiger partial charge >= 0.3 is 0 Å². The van der Waals surface area contributed by atoms with Gasteiger partial charge in [-0.2, -0.15) is 0 Å². The van der Waals surface area contributed by atoms with Gasteiger partial charge in [0.1, 0.15) is 0 Å². The molecule has 1 unspecified atom stereocenters. The summed E-state index contributed by atoms with van der Waals surface area (Å²) < 4.78 is 50.3. The van der Waals surface area contributed by atoms with Gasteiger partial charge in [-0.15, -0.1) is 0 Å². The van der Waals surface area contributed by atoms with Crippen molar-refractivity contribution in [3.05, 3.63) is 30.3 Å². The van der Waals surface area contributed by atoms with Gasteiger partial charge < -0.3 is 0 Å². The number of amides is 1. The van der Waals surface area contributed by atoms with Crippen LogP contribution < -0.4 is 4.72 Å². The van der Waals surface area contributed by atoms with Crippen molar-refractivity contribution >= 4 is 15.9 Å². The molecular weight excluding hydrogens is 264 g/mol. The zero-order valence-electron chi connectivity index (χ0n) is 9.27. The summed E-state index contributed by atoms with van der Waals surface area (Å²) in [4.78, 5) is 11.3. The predicted molar refractivity (Wildman–Crippen MR) is 59.4 cm³/mol. The van der Waals surface area contributed by atoms with Gasteiger partial charge in [0, 0.05) is 18.8 Å². The molecule has 1 N–H and O–H groups in total. The normalized spacial score (nSPS) is 21.3. The van der Waals surface area contributed by atoms with Gasteiger partial charge in [-0.05, 0) is 12.1 Å². The van der Waals surface area contributed by atoms with Crippen molar-refractivity contribution < 1.29 is 22.0 Å². The molecule has 1 saturated carbocycles. The van der Waals surface area contributed by atoms with Crippen molar-refractivity contribution in [3.8, 4) is 0 Å². The third-order valence-corrected chi connectivity index (χ3v) is 4.08. The molecule has 0 radical (unpaired) electrons. The minimum Gasteiger partial charge on any atom is -0.274 e. The second kappa shape index (κ2) is 4.31. The number of halogens is 2. The van der Waals surface area contributed by atoms with Crippen LogP contribution in [0.2, 0.25) is 0 Å². The van der Waals surface area contributed by atoms with E-state index in [1.54, 1.807) is 10.8 Å². The fourth-order valence-electron chi connectivity index (χ4n) is 1.56. The molecule has 18 heavy (non-hydrogen) atoms. The molecule has 98 valence electrons. The Morgan fingerprint density at radius 1 is 1.33 bits per heavy atom. The Balaban J connectivity index is 1.99. The summed E-state index contributed by atoms with van der Waals surface area (Å²) in [5.74, 6) is -4.77. The summed E-state index contributed by atoms with van der Waals surface area (Å²) in [6.07, 6.45) is -0.829. The molecule has 2 rings (SSSR count). The van der Waals surface area contributed by atoms with E-state index in [-0.39, 0.29) is 11.3 Å². The maximum Gasteiger partial charge on any atom is 0.264 e. The molecule has 1 aromatic rings. The van der Waals surface area contributed by atoms with E-state index in [2.05, 4.69) is 0 Å². The van der Waals surface area contributed by atoms with Crippen LogP contribution in [0.4, 0.5) is 8.78 Å². The summed E-state index contributed by atoms with van der Waals surface area (Å²) >= 11 is 0. The molecule has 0 aliphatic heterocycles. The van der Waals surface area contributed by atoms with Gasteiger partial charge in [0.25, 0.3) is 15.9 Å². The second-order valence-corrected chi connectivity index (χ2v) is 5.89. The van der Waals surface area contributed by atoms with Crippen molar-refractivity contribution in [2.45, 2.75) is 23.7 Å². The van der Waals surface area contributed by atoms with E-state index >= 15 is 0 Å². The number of carbonyl (C=O) groups is 1. The largest absolute Gasteiger partial charge is 0.274 e. The Kier molecular flexibility index (Phi) is 3.10. The number of sulfonamides is 1. The average Bonchev–Trinajstić information content (AvgIpc) is 2.86. The van der Waals surface area contributed by atoms with Crippen molar-refractivity contribution in [2.75, 3.05) is 0 Å². The maximum absolute atomic E-state index is 12.6. The SMILES string of the molecule is O=C(CC1CC1(F)F)NS(=O)(=O)c1ccccc1. The van der Waals surface area contributed by atoms with Gasteiger partial charge in [0.15, 0.2) is 0 Å². The Hall–Kier alpha value is -1.50. The monoisotopic (exact) mass is 275 g/mol. The Morgan fingerprint density at radius 3 is 2.39 bits per heavy atom. The number of carbonyl (C=O) groups excluding carboxylic acids is 1. The molecule has 1 fully saturated rings. The standard InChI is InChI=1S/C11H11F2NO3S/c12-11(13)7-8(11)6-10(15)14-18(16,17)9-4-2-1-3-5-9/h1-5,8H,6-7H2,(H,14,15). The minimum absolute atomic E-state index is 0.0686. The summed E-state index contributed by atoms with van der Waals surface area (Å²) in [5.41, 5.74) is 0. The molecule has 0 bridgehead atoms. The smallest absolute Gasteiger partial charge is 0.264 e. The fourth-order valence-corrected chi connectivity index (χ4v) is 2.58. The number of nitrogens with one attached hydrogen (secondary N) is 1. The lowest BCUT2D eigenvalue weighted by Gasteiger charge is -2.06. The summed E-state index contributed by atoms with van der Waals surface area (Å²) in [6, 6.07) is 7.29. The lowest BCUT2D eigenvalue weighted by Crippen LogP contribution is -2.31. The Morgan fingerprint density at radius 2 is 1.89 bits per heavy atom. The van der Waals surface area contributed by atoms with Gasteiger partial charge in [-0.1, -0.05) is 18.2 Å². The predicted octanol–water partition coefficient (Wildman–Crippen LogP) is 1.54. The van der Waals surface area contributed by atoms with E-state index in [0.29, 0.717) is 0 Å². The van der Waals surface area contributed by atoms with E-state index in [4.69, 9.17) is 0 Å². The van der Waals surface area contributed by atoms with Gasteiger partial charge in [0.2, 0.25) is 5.91 Å². The maximum atomic E-state index is 12.6. The molecule has 0 saturated heterocycles. The van der Waals surface area contributed by atoms with Crippen LogP contribution in [0.3, 0.4) is 0 Å². The minimum atomic E-state index is -3.96. The third kappa shape index (κ3) is 2.84. The molecule has 1 amide bonds. The quantitative estimate of drug-likeness (QED) is 0.906. The molecule has 1 aliphatic rings. The first kappa shape index (κ1) is 12.9. The van der Waals surface area contributed by atoms with Crippen LogP contribution in [0.25, 0.3) is 0 Å². The number of alkyl halides is 2. The van der Waals surface area contributed by atoms with Crippen LogP contribution in [0.15, 0.2) is 35.2 Å². The van der Waals surface area contributed by atoms with Crippen LogP contribution in [0.1, 0.15) is 12.8 Å². The lowest BCUT2D eigenvalue weighted by molar-refractivity contribution is -0.120. The van der Waals surface area contributed by atoms with E-state index < -0.39 is 34.2 Å². The molecule has 1 aliphatic carbocycles. The number of rotatable bonds is 4. The summed E-state index contributed by atoms with van der Waals surface area (Å²) in [5, 5.41) is 0. The molecule has 1 aromatic carbocycles. The number of benzene rings is 1. The molecule has 1 atom stereocenters. The fraction of sp³-hybridized carbons (Fsp3) is 0.364. The van der Waals surface area contributed by atoms with Crippen LogP contribution in [0, 0.1) is 5.92 Å². The zero-order valence-corrected chi connectivity index (χ0v) is 10.1. The number of hydrogen-bond acceptors (Lipinski definition) is 3. The first-order valence-corrected chi connectivity index (χ1v) is 6.78. The van der Waals surface area contributed by atoms with E-state index in [9.17, 15) is 22.0 Å². The van der Waals surface area contributed by atoms with Gasteiger partial charge in [-0.3, -0.25) is 4.79 Å². The summed E-state index contributed by atoms with van der Waals surface area (Å²) in [6.45, 7) is 0. The molecule has 0 spiro atoms. The first-order chi connectivity index (χ1) is 8.31. The highest BCUT2D eigenvalue weighted by Crippen LogP contribution is 2.50. The average molecular weight is 275 g/mol.